The van der Waals surface area contributed by atoms with Gasteiger partial charge in [0, 0.05) is 26.2 Å². The van der Waals surface area contributed by atoms with E-state index in [1.807, 2.05) is 39.0 Å². The van der Waals surface area contributed by atoms with Crippen LogP contribution >= 0.6 is 0 Å². The van der Waals surface area contributed by atoms with Gasteiger partial charge in [-0.2, -0.15) is 4.31 Å². The average molecular weight is 417 g/mol. The molecule has 3 rings (SSSR count). The van der Waals surface area contributed by atoms with Crippen molar-refractivity contribution in [3.05, 3.63) is 59.2 Å². The van der Waals surface area contributed by atoms with Gasteiger partial charge in [-0.05, 0) is 63.1 Å². The molecule has 0 spiro atoms. The lowest BCUT2D eigenvalue weighted by Gasteiger charge is -2.35. The van der Waals surface area contributed by atoms with Crippen molar-refractivity contribution in [2.24, 2.45) is 0 Å². The lowest BCUT2D eigenvalue weighted by molar-refractivity contribution is -0.139. The number of hydrogen-bond acceptors (Lipinski definition) is 4. The van der Waals surface area contributed by atoms with Crippen LogP contribution in [-0.2, 0) is 14.8 Å². The van der Waals surface area contributed by atoms with Crippen molar-refractivity contribution in [1.29, 1.82) is 0 Å². The van der Waals surface area contributed by atoms with Crippen molar-refractivity contribution in [3.63, 3.8) is 0 Å². The normalized spacial score (nSPS) is 16.5. The van der Waals surface area contributed by atoms with E-state index in [1.54, 1.807) is 36.1 Å². The third kappa shape index (κ3) is 4.79. The molecule has 1 amide bonds. The number of nitrogens with zero attached hydrogens (tertiary/aromatic N) is 2. The van der Waals surface area contributed by atoms with E-state index < -0.39 is 16.1 Å². The molecule has 0 aromatic heterocycles. The molecule has 1 saturated heterocycles. The van der Waals surface area contributed by atoms with E-state index in [9.17, 15) is 13.2 Å². The van der Waals surface area contributed by atoms with Crippen LogP contribution < -0.4 is 4.74 Å². The highest BCUT2D eigenvalue weighted by molar-refractivity contribution is 7.89. The second kappa shape index (κ2) is 8.55. The molecule has 1 atom stereocenters. The van der Waals surface area contributed by atoms with Crippen molar-refractivity contribution in [1.82, 2.24) is 9.21 Å². The Labute approximate surface area is 173 Å². The van der Waals surface area contributed by atoms with Gasteiger partial charge >= 0.3 is 0 Å². The Morgan fingerprint density at radius 1 is 0.931 bits per heavy atom. The van der Waals surface area contributed by atoms with Gasteiger partial charge in [0.2, 0.25) is 10.0 Å². The SMILES string of the molecule is Cc1ccc(S(=O)(=O)N2CCN(C(=O)C(C)Oc3ccc(C)c(C)c3)CC2)cc1. The molecule has 2 aromatic rings. The predicted molar refractivity (Wildman–Crippen MR) is 113 cm³/mol. The average Bonchev–Trinajstić information content (AvgIpc) is 2.70. The molecule has 6 nitrogen and oxygen atoms in total. The summed E-state index contributed by atoms with van der Waals surface area (Å²) >= 11 is 0. The number of benzene rings is 2. The van der Waals surface area contributed by atoms with Crippen LogP contribution in [0.25, 0.3) is 0 Å². The molecule has 0 saturated carbocycles. The summed E-state index contributed by atoms with van der Waals surface area (Å²) in [6.07, 6.45) is -0.627. The monoisotopic (exact) mass is 416 g/mol. The van der Waals surface area contributed by atoms with Gasteiger partial charge in [-0.15, -0.1) is 0 Å². The van der Waals surface area contributed by atoms with Crippen LogP contribution in [-0.4, -0.2) is 55.8 Å². The highest BCUT2D eigenvalue weighted by atomic mass is 32.2. The number of carbonyl (C=O) groups excluding carboxylic acids is 1. The molecule has 1 fully saturated rings. The Kier molecular flexibility index (Phi) is 6.29. The smallest absolute Gasteiger partial charge is 0.263 e. The van der Waals surface area contributed by atoms with Crippen LogP contribution in [0, 0.1) is 20.8 Å². The first kappa shape index (κ1) is 21.3. The van der Waals surface area contributed by atoms with Gasteiger partial charge in [0.05, 0.1) is 4.90 Å². The Hall–Kier alpha value is -2.38. The fourth-order valence-corrected chi connectivity index (χ4v) is 4.73. The zero-order valence-electron chi connectivity index (χ0n) is 17.4. The molecular weight excluding hydrogens is 388 g/mol. The molecule has 156 valence electrons. The quantitative estimate of drug-likeness (QED) is 0.752. The first-order valence-corrected chi connectivity index (χ1v) is 11.2. The molecule has 0 bridgehead atoms. The second-order valence-electron chi connectivity index (χ2n) is 7.55. The van der Waals surface area contributed by atoms with E-state index in [2.05, 4.69) is 0 Å². The second-order valence-corrected chi connectivity index (χ2v) is 9.49. The molecule has 2 aromatic carbocycles. The van der Waals surface area contributed by atoms with Crippen LogP contribution in [0.3, 0.4) is 0 Å². The summed E-state index contributed by atoms with van der Waals surface area (Å²) in [4.78, 5) is 14.7. The molecule has 0 radical (unpaired) electrons. The van der Waals surface area contributed by atoms with Crippen LogP contribution in [0.1, 0.15) is 23.6 Å². The summed E-state index contributed by atoms with van der Waals surface area (Å²) in [5, 5.41) is 0. The summed E-state index contributed by atoms with van der Waals surface area (Å²) in [6.45, 7) is 8.93. The molecule has 29 heavy (non-hydrogen) atoms. The van der Waals surface area contributed by atoms with E-state index in [0.717, 1.165) is 11.1 Å². The van der Waals surface area contributed by atoms with Crippen molar-refractivity contribution < 1.29 is 17.9 Å². The molecular formula is C22H28N2O4S. The van der Waals surface area contributed by atoms with Gasteiger partial charge in [-0.25, -0.2) is 8.42 Å². The van der Waals surface area contributed by atoms with E-state index in [0.29, 0.717) is 18.8 Å². The maximum absolute atomic E-state index is 12.8. The van der Waals surface area contributed by atoms with Crippen LogP contribution in [0.4, 0.5) is 0 Å². The molecule has 1 heterocycles. The third-order valence-corrected chi connectivity index (χ3v) is 7.26. The molecule has 0 aliphatic carbocycles. The summed E-state index contributed by atoms with van der Waals surface area (Å²) in [5.74, 6) is 0.533. The van der Waals surface area contributed by atoms with Crippen molar-refractivity contribution >= 4 is 15.9 Å². The number of aryl methyl sites for hydroxylation is 3. The zero-order valence-corrected chi connectivity index (χ0v) is 18.2. The summed E-state index contributed by atoms with van der Waals surface area (Å²) in [5.41, 5.74) is 3.29. The molecule has 1 unspecified atom stereocenters. The van der Waals surface area contributed by atoms with Crippen molar-refractivity contribution in [2.45, 2.75) is 38.7 Å². The van der Waals surface area contributed by atoms with Crippen LogP contribution in [0.15, 0.2) is 47.4 Å². The Bertz CT molecular complexity index is 978. The topological polar surface area (TPSA) is 66.9 Å². The number of hydrogen-bond donors (Lipinski definition) is 0. The van der Waals surface area contributed by atoms with Gasteiger partial charge in [0.25, 0.3) is 5.91 Å². The zero-order chi connectivity index (χ0) is 21.2. The van der Waals surface area contributed by atoms with Gasteiger partial charge in [-0.3, -0.25) is 4.79 Å². The summed E-state index contributed by atoms with van der Waals surface area (Å²) < 4.78 is 32.9. The third-order valence-electron chi connectivity index (χ3n) is 5.35. The van der Waals surface area contributed by atoms with Gasteiger partial charge in [-0.1, -0.05) is 23.8 Å². The van der Waals surface area contributed by atoms with Gasteiger partial charge in [0.1, 0.15) is 5.75 Å². The van der Waals surface area contributed by atoms with Gasteiger partial charge < -0.3 is 9.64 Å². The number of carbonyl (C=O) groups is 1. The Morgan fingerprint density at radius 2 is 1.55 bits per heavy atom. The predicted octanol–water partition coefficient (Wildman–Crippen LogP) is 2.91. The summed E-state index contributed by atoms with van der Waals surface area (Å²) in [6, 6.07) is 12.6. The number of amides is 1. The lowest BCUT2D eigenvalue weighted by atomic mass is 10.1. The largest absolute Gasteiger partial charge is 0.481 e. The number of rotatable bonds is 5. The van der Waals surface area contributed by atoms with E-state index in [-0.39, 0.29) is 23.9 Å². The number of ether oxygens (including phenoxy) is 1. The van der Waals surface area contributed by atoms with E-state index >= 15 is 0 Å². The molecule has 1 aliphatic rings. The Balaban J connectivity index is 1.60. The minimum Gasteiger partial charge on any atom is -0.481 e. The fourth-order valence-electron chi connectivity index (χ4n) is 3.31. The van der Waals surface area contributed by atoms with E-state index in [4.69, 9.17) is 4.74 Å². The number of piperazine rings is 1. The highest BCUT2D eigenvalue weighted by Crippen LogP contribution is 2.20. The number of sulfonamides is 1. The minimum atomic E-state index is -3.54. The van der Waals surface area contributed by atoms with Crippen molar-refractivity contribution in [3.8, 4) is 5.75 Å². The maximum Gasteiger partial charge on any atom is 0.263 e. The first-order chi connectivity index (χ1) is 13.7. The minimum absolute atomic E-state index is 0.129. The van der Waals surface area contributed by atoms with Crippen LogP contribution in [0.5, 0.6) is 5.75 Å². The lowest BCUT2D eigenvalue weighted by Crippen LogP contribution is -2.53. The van der Waals surface area contributed by atoms with Crippen molar-refractivity contribution in [2.75, 3.05) is 26.2 Å². The first-order valence-electron chi connectivity index (χ1n) is 9.78. The van der Waals surface area contributed by atoms with Crippen LogP contribution in [0.2, 0.25) is 0 Å². The van der Waals surface area contributed by atoms with E-state index in [1.165, 1.54) is 9.87 Å². The summed E-state index contributed by atoms with van der Waals surface area (Å²) in [7, 11) is -3.54. The standard InChI is InChI=1S/C22H28N2O4S/c1-16-5-9-21(10-6-16)29(26,27)24-13-11-23(12-14-24)22(25)19(4)28-20-8-7-17(2)18(3)15-20/h5-10,15,19H,11-14H2,1-4H3. The fraction of sp³-hybridized carbons (Fsp3) is 0.409. The highest BCUT2D eigenvalue weighted by Gasteiger charge is 2.32. The Morgan fingerprint density at radius 3 is 2.14 bits per heavy atom. The van der Waals surface area contributed by atoms with Gasteiger partial charge in [0.15, 0.2) is 6.10 Å². The molecule has 0 N–H and O–H groups in total. The molecule has 7 heteroatoms. The maximum atomic E-state index is 12.8. The molecule has 1 aliphatic heterocycles.